The highest BCUT2D eigenvalue weighted by Gasteiger charge is 2.54. The number of fused-ring (bicyclic) bond motifs is 1. The molecular weight excluding hydrogens is 880 g/mol. The number of phenolic OH excluding ortho intramolecular Hbond substituents is 3. The van der Waals surface area contributed by atoms with Gasteiger partial charge in [0, 0.05) is 17.7 Å². The lowest BCUT2D eigenvalue weighted by atomic mass is 9.96. The summed E-state index contributed by atoms with van der Waals surface area (Å²) in [5.74, 6) is -2.93. The predicted molar refractivity (Wildman–Crippen MR) is 209 cm³/mol. The third kappa shape index (κ3) is 9.44. The van der Waals surface area contributed by atoms with Crippen molar-refractivity contribution in [3.63, 3.8) is 0 Å². The Morgan fingerprint density at radius 3 is 1.89 bits per heavy atom. The number of aliphatic hydroxyl groups excluding tert-OH is 11. The van der Waals surface area contributed by atoms with Crippen molar-refractivity contribution in [2.45, 2.75) is 137 Å². The number of methoxy groups -OCH3 is 1. The van der Waals surface area contributed by atoms with Crippen LogP contribution < -0.4 is 14.9 Å². The molecule has 5 heterocycles. The summed E-state index contributed by atoms with van der Waals surface area (Å²) in [6.07, 6.45) is -35.5. The van der Waals surface area contributed by atoms with Crippen LogP contribution in [0, 0.1) is 0 Å². The molecule has 0 radical (unpaired) electrons. The van der Waals surface area contributed by atoms with Gasteiger partial charge in [0.25, 0.3) is 0 Å². The van der Waals surface area contributed by atoms with E-state index in [2.05, 4.69) is 0 Å². The van der Waals surface area contributed by atoms with Crippen LogP contribution in [-0.4, -0.2) is 215 Å². The third-order valence-electron chi connectivity index (χ3n) is 11.7. The number of hydrogen-bond acceptors (Lipinski definition) is 25. The summed E-state index contributed by atoms with van der Waals surface area (Å²) < 4.78 is 57.4. The minimum Gasteiger partial charge on any atom is -0.508 e. The lowest BCUT2D eigenvalue weighted by Gasteiger charge is -2.48. The van der Waals surface area contributed by atoms with Crippen molar-refractivity contribution in [2.24, 2.45) is 0 Å². The molecule has 65 heavy (non-hydrogen) atoms. The van der Waals surface area contributed by atoms with Crippen molar-refractivity contribution < 1.29 is 119 Å². The molecule has 0 spiro atoms. The van der Waals surface area contributed by atoms with E-state index in [1.165, 1.54) is 39.2 Å². The first-order valence-corrected chi connectivity index (χ1v) is 20.3. The zero-order valence-corrected chi connectivity index (χ0v) is 34.6. The Hall–Kier alpha value is -4.07. The molecule has 14 N–H and O–H groups in total. The Kier molecular flexibility index (Phi) is 14.8. The molecule has 2 aromatic carbocycles. The van der Waals surface area contributed by atoms with E-state index in [4.69, 9.17) is 47.0 Å². The van der Waals surface area contributed by atoms with Gasteiger partial charge in [0.15, 0.2) is 42.2 Å². The maximum Gasteiger partial charge on any atom is 0.239 e. The number of rotatable bonds is 12. The van der Waals surface area contributed by atoms with E-state index in [1.54, 1.807) is 0 Å². The van der Waals surface area contributed by atoms with Gasteiger partial charge in [0.1, 0.15) is 102 Å². The molecule has 25 heteroatoms. The molecule has 4 fully saturated rings. The van der Waals surface area contributed by atoms with Crippen molar-refractivity contribution in [3.8, 4) is 40.1 Å². The molecule has 0 amide bonds. The van der Waals surface area contributed by atoms with Crippen LogP contribution in [-0.2, 0) is 33.2 Å². The van der Waals surface area contributed by atoms with Gasteiger partial charge >= 0.3 is 0 Å². The van der Waals surface area contributed by atoms with Gasteiger partial charge in [0.2, 0.25) is 17.5 Å². The maximum atomic E-state index is 14.4. The SMILES string of the molecule is COc1cc(-c2oc3cc(O)cc(O)c3c(=O)c2OC2OC(COC3OC(C)C(O)C(O)C3O)C(O)C(O)C2OC2OC(C)C(O)C(OC3OC(CO)C(O)C(O)C3O)C2O)ccc1O. The summed E-state index contributed by atoms with van der Waals surface area (Å²) in [7, 11) is 1.23. The van der Waals surface area contributed by atoms with Crippen LogP contribution in [0.1, 0.15) is 13.8 Å². The van der Waals surface area contributed by atoms with Crippen LogP contribution in [0.3, 0.4) is 0 Å². The Morgan fingerprint density at radius 1 is 0.600 bits per heavy atom. The van der Waals surface area contributed by atoms with Gasteiger partial charge in [-0.2, -0.15) is 0 Å². The summed E-state index contributed by atoms with van der Waals surface area (Å²) >= 11 is 0. The number of aliphatic hydroxyl groups is 11. The van der Waals surface area contributed by atoms with Crippen molar-refractivity contribution in [2.75, 3.05) is 20.3 Å². The second-order valence-electron chi connectivity index (χ2n) is 16.1. The van der Waals surface area contributed by atoms with Gasteiger partial charge in [-0.3, -0.25) is 4.79 Å². The average Bonchev–Trinajstić information content (AvgIpc) is 3.27. The summed E-state index contributed by atoms with van der Waals surface area (Å²) in [5.41, 5.74) is -1.48. The zero-order valence-electron chi connectivity index (χ0n) is 34.6. The first kappa shape index (κ1) is 48.9. The fraction of sp³-hybridized carbons (Fsp3) is 0.625. The number of ether oxygens (including phenoxy) is 9. The standard InChI is InChI=1S/C40H52O25/c1-11-22(45)27(50)30(53)37(58-11)57-10-20-25(48)29(52)36(65-39-32(55)34(23(46)12(2)59-39)63-38-31(54)28(51)24(47)19(9-41)61-38)40(62-20)64-35-26(49)21-16(44)7-14(42)8-18(21)60-33(35)13-4-5-15(43)17(6-13)56-3/h4-8,11-12,19-20,22-25,27-32,34,36-48,50-55H,9-10H2,1-3H3. The monoisotopic (exact) mass is 932 g/mol. The van der Waals surface area contributed by atoms with Crippen molar-refractivity contribution in [1.29, 1.82) is 0 Å². The molecule has 25 nitrogen and oxygen atoms in total. The van der Waals surface area contributed by atoms with E-state index in [9.17, 15) is 76.3 Å². The van der Waals surface area contributed by atoms with E-state index < -0.39 is 170 Å². The summed E-state index contributed by atoms with van der Waals surface area (Å²) in [6.45, 7) is 1.10. The molecule has 4 aliphatic heterocycles. The Morgan fingerprint density at radius 2 is 1.20 bits per heavy atom. The molecule has 20 unspecified atom stereocenters. The van der Waals surface area contributed by atoms with E-state index >= 15 is 0 Å². The van der Waals surface area contributed by atoms with E-state index in [0.29, 0.717) is 0 Å². The van der Waals surface area contributed by atoms with Crippen LogP contribution in [0.15, 0.2) is 39.5 Å². The second kappa shape index (κ2) is 19.6. The number of hydrogen-bond donors (Lipinski definition) is 14. The van der Waals surface area contributed by atoms with Gasteiger partial charge in [-0.25, -0.2) is 0 Å². The number of phenols is 3. The van der Waals surface area contributed by atoms with Crippen molar-refractivity contribution >= 4 is 11.0 Å². The van der Waals surface area contributed by atoms with Crippen molar-refractivity contribution in [3.05, 3.63) is 40.6 Å². The molecule has 0 bridgehead atoms. The highest BCUT2D eigenvalue weighted by Crippen LogP contribution is 2.41. The van der Waals surface area contributed by atoms with Crippen LogP contribution >= 0.6 is 0 Å². The van der Waals surface area contributed by atoms with Crippen LogP contribution in [0.4, 0.5) is 0 Å². The van der Waals surface area contributed by atoms with Gasteiger partial charge < -0.3 is 119 Å². The quantitative estimate of drug-likeness (QED) is 0.0811. The maximum absolute atomic E-state index is 14.4. The third-order valence-corrected chi connectivity index (χ3v) is 11.7. The summed E-state index contributed by atoms with van der Waals surface area (Å²) in [6, 6.07) is 5.53. The molecule has 3 aromatic rings. The van der Waals surface area contributed by atoms with E-state index in [1.807, 2.05) is 0 Å². The van der Waals surface area contributed by atoms with Gasteiger partial charge in [-0.05, 0) is 32.0 Å². The summed E-state index contributed by atoms with van der Waals surface area (Å²) in [4.78, 5) is 14.4. The van der Waals surface area contributed by atoms with Crippen LogP contribution in [0.2, 0.25) is 0 Å². The van der Waals surface area contributed by atoms with E-state index in [-0.39, 0.29) is 22.6 Å². The molecule has 362 valence electrons. The molecule has 1 aromatic heterocycles. The Labute approximate surface area is 366 Å². The smallest absolute Gasteiger partial charge is 0.239 e. The average molecular weight is 933 g/mol. The minimum atomic E-state index is -2.15. The molecule has 4 aliphatic rings. The minimum absolute atomic E-state index is 0.00874. The molecule has 4 saturated heterocycles. The van der Waals surface area contributed by atoms with Crippen LogP contribution in [0.25, 0.3) is 22.3 Å². The molecular formula is C40H52O25. The lowest BCUT2D eigenvalue weighted by molar-refractivity contribution is -0.379. The highest BCUT2D eigenvalue weighted by molar-refractivity contribution is 5.88. The largest absolute Gasteiger partial charge is 0.508 e. The van der Waals surface area contributed by atoms with Gasteiger partial charge in [0.05, 0.1) is 32.5 Å². The lowest BCUT2D eigenvalue weighted by Crippen LogP contribution is -2.66. The molecule has 20 atom stereocenters. The normalized spacial score (nSPS) is 40.2. The first-order chi connectivity index (χ1) is 30.7. The number of aromatic hydroxyl groups is 3. The first-order valence-electron chi connectivity index (χ1n) is 20.3. The molecule has 0 aliphatic carbocycles. The topological polar surface area (TPSA) is 397 Å². The molecule has 0 saturated carbocycles. The molecule has 7 rings (SSSR count). The van der Waals surface area contributed by atoms with Crippen molar-refractivity contribution in [1.82, 2.24) is 0 Å². The highest BCUT2D eigenvalue weighted by atomic mass is 16.8. The van der Waals surface area contributed by atoms with Crippen LogP contribution in [0.5, 0.6) is 28.7 Å². The van der Waals surface area contributed by atoms with E-state index in [0.717, 1.165) is 12.1 Å². The Bertz CT molecular complexity index is 2170. The fourth-order valence-electron chi connectivity index (χ4n) is 7.88. The predicted octanol–water partition coefficient (Wildman–Crippen LogP) is -4.71. The van der Waals surface area contributed by atoms with Gasteiger partial charge in [-0.1, -0.05) is 0 Å². The van der Waals surface area contributed by atoms with Gasteiger partial charge in [-0.15, -0.1) is 0 Å². The Balaban J connectivity index is 1.26. The number of benzene rings is 2. The zero-order chi connectivity index (χ0) is 47.3. The fourth-order valence-corrected chi connectivity index (χ4v) is 7.88. The summed E-state index contributed by atoms with van der Waals surface area (Å²) in [5, 5.41) is 149. The second-order valence-corrected chi connectivity index (χ2v) is 16.1.